The fourth-order valence-corrected chi connectivity index (χ4v) is 2.18. The van der Waals surface area contributed by atoms with Crippen LogP contribution in [0.1, 0.15) is 65.7 Å². The predicted molar refractivity (Wildman–Crippen MR) is 90.4 cm³/mol. The smallest absolute Gasteiger partial charge is 0.224 e. The zero-order chi connectivity index (χ0) is 15.9. The largest absolute Gasteiger partial charge is 0.370 e. The molecule has 0 saturated heterocycles. The first-order valence-corrected chi connectivity index (χ1v) is 8.47. The van der Waals surface area contributed by atoms with Gasteiger partial charge in [0.2, 0.25) is 5.91 Å². The summed E-state index contributed by atoms with van der Waals surface area (Å²) in [5, 5.41) is 3.01. The van der Waals surface area contributed by atoms with Gasteiger partial charge in [-0.3, -0.25) is 9.79 Å². The molecule has 0 spiro atoms. The molecule has 0 unspecified atom stereocenters. The van der Waals surface area contributed by atoms with Gasteiger partial charge >= 0.3 is 0 Å². The van der Waals surface area contributed by atoms with Gasteiger partial charge in [0.25, 0.3) is 0 Å². The van der Waals surface area contributed by atoms with E-state index in [1.54, 1.807) is 0 Å². The molecule has 3 N–H and O–H groups in total. The van der Waals surface area contributed by atoms with Crippen LogP contribution in [0, 0.1) is 0 Å². The van der Waals surface area contributed by atoms with Crippen LogP contribution in [0.2, 0.25) is 0 Å². The molecule has 0 aromatic heterocycles. The van der Waals surface area contributed by atoms with E-state index in [0.717, 1.165) is 26.1 Å². The number of carbonyl (C=O) groups excluding carboxylic acids is 1. The van der Waals surface area contributed by atoms with E-state index in [2.05, 4.69) is 17.2 Å². The highest BCUT2D eigenvalue weighted by atomic mass is 16.2. The molecular weight excluding hydrogens is 264 g/mol. The monoisotopic (exact) mass is 298 g/mol. The summed E-state index contributed by atoms with van der Waals surface area (Å²) in [5.41, 5.74) is 5.78. The maximum absolute atomic E-state index is 11.8. The molecule has 0 atom stereocenters. The normalized spacial score (nSPS) is 11.5. The van der Waals surface area contributed by atoms with Crippen LogP contribution in [0.5, 0.6) is 0 Å². The maximum atomic E-state index is 11.8. The summed E-state index contributed by atoms with van der Waals surface area (Å²) in [7, 11) is 0. The maximum Gasteiger partial charge on any atom is 0.224 e. The van der Waals surface area contributed by atoms with Gasteiger partial charge in [0.15, 0.2) is 5.96 Å². The summed E-state index contributed by atoms with van der Waals surface area (Å²) in [6, 6.07) is 0. The third kappa shape index (κ3) is 11.1. The Morgan fingerprint density at radius 2 is 1.67 bits per heavy atom. The fourth-order valence-electron chi connectivity index (χ4n) is 2.18. The standard InChI is InChI=1S/C16H34N4O/c1-4-7-8-9-10-11-13-18-16(17)19-14-12-15(21)20(5-2)6-3/h4-14H2,1-3H3,(H3,17,18,19). The summed E-state index contributed by atoms with van der Waals surface area (Å²) in [6.07, 6.45) is 7.99. The van der Waals surface area contributed by atoms with E-state index < -0.39 is 0 Å². The van der Waals surface area contributed by atoms with Crippen LogP contribution >= 0.6 is 0 Å². The Hall–Kier alpha value is -1.26. The van der Waals surface area contributed by atoms with Crippen molar-refractivity contribution in [3.05, 3.63) is 0 Å². The van der Waals surface area contributed by atoms with Crippen molar-refractivity contribution in [1.82, 2.24) is 10.2 Å². The van der Waals surface area contributed by atoms with Crippen LogP contribution in [0.4, 0.5) is 0 Å². The second kappa shape index (κ2) is 13.7. The van der Waals surface area contributed by atoms with Crippen molar-refractivity contribution in [2.45, 2.75) is 65.7 Å². The molecule has 0 aliphatic rings. The number of aliphatic imine (C=N–C) groups is 1. The SMILES string of the molecule is CCCCCCCCN=C(N)NCCC(=O)N(CC)CC. The first kappa shape index (κ1) is 19.7. The summed E-state index contributed by atoms with van der Waals surface area (Å²) >= 11 is 0. The number of guanidine groups is 1. The van der Waals surface area contributed by atoms with E-state index in [0.29, 0.717) is 18.9 Å². The molecule has 0 saturated carbocycles. The highest BCUT2D eigenvalue weighted by molar-refractivity contribution is 5.80. The third-order valence-electron chi connectivity index (χ3n) is 3.55. The number of hydrogen-bond acceptors (Lipinski definition) is 2. The Morgan fingerprint density at radius 3 is 2.29 bits per heavy atom. The molecule has 0 rings (SSSR count). The summed E-state index contributed by atoms with van der Waals surface area (Å²) < 4.78 is 0. The zero-order valence-corrected chi connectivity index (χ0v) is 14.2. The minimum absolute atomic E-state index is 0.163. The predicted octanol–water partition coefficient (Wildman–Crippen LogP) is 2.51. The van der Waals surface area contributed by atoms with Crippen molar-refractivity contribution in [2.75, 3.05) is 26.2 Å². The molecule has 0 heterocycles. The highest BCUT2D eigenvalue weighted by Crippen LogP contribution is 2.04. The summed E-state index contributed by atoms with van der Waals surface area (Å²) in [6.45, 7) is 9.06. The molecule has 0 aliphatic carbocycles. The Morgan fingerprint density at radius 1 is 1.05 bits per heavy atom. The van der Waals surface area contributed by atoms with Crippen molar-refractivity contribution < 1.29 is 4.79 Å². The van der Waals surface area contributed by atoms with Crippen LogP contribution in [0.15, 0.2) is 4.99 Å². The Balaban J connectivity index is 3.62. The first-order valence-electron chi connectivity index (χ1n) is 8.47. The summed E-state index contributed by atoms with van der Waals surface area (Å²) in [5.74, 6) is 0.618. The van der Waals surface area contributed by atoms with Gasteiger partial charge in [-0.25, -0.2) is 0 Å². The number of nitrogens with one attached hydrogen (secondary N) is 1. The Kier molecular flexibility index (Phi) is 12.9. The van der Waals surface area contributed by atoms with Gasteiger partial charge in [-0.2, -0.15) is 0 Å². The lowest BCUT2D eigenvalue weighted by atomic mass is 10.1. The molecule has 0 aromatic carbocycles. The van der Waals surface area contributed by atoms with Gasteiger partial charge in [0.05, 0.1) is 0 Å². The third-order valence-corrected chi connectivity index (χ3v) is 3.55. The average Bonchev–Trinajstić information content (AvgIpc) is 2.47. The van der Waals surface area contributed by atoms with Crippen molar-refractivity contribution >= 4 is 11.9 Å². The second-order valence-corrected chi connectivity index (χ2v) is 5.28. The van der Waals surface area contributed by atoms with Crippen LogP contribution in [-0.2, 0) is 4.79 Å². The molecule has 1 amide bonds. The number of unbranched alkanes of at least 4 members (excludes halogenated alkanes) is 5. The number of hydrogen-bond donors (Lipinski definition) is 2. The molecule has 124 valence electrons. The van der Waals surface area contributed by atoms with Crippen molar-refractivity contribution in [3.63, 3.8) is 0 Å². The van der Waals surface area contributed by atoms with Crippen molar-refractivity contribution in [2.24, 2.45) is 10.7 Å². The van der Waals surface area contributed by atoms with Gasteiger partial charge in [0.1, 0.15) is 0 Å². The molecular formula is C16H34N4O. The molecule has 0 bridgehead atoms. The second-order valence-electron chi connectivity index (χ2n) is 5.28. The zero-order valence-electron chi connectivity index (χ0n) is 14.2. The minimum atomic E-state index is 0.163. The first-order chi connectivity index (χ1) is 10.2. The van der Waals surface area contributed by atoms with Gasteiger partial charge in [0, 0.05) is 32.6 Å². The van der Waals surface area contributed by atoms with E-state index in [-0.39, 0.29) is 5.91 Å². The molecule has 0 aliphatic heterocycles. The summed E-state index contributed by atoms with van der Waals surface area (Å²) in [4.78, 5) is 17.9. The highest BCUT2D eigenvalue weighted by Gasteiger charge is 2.08. The molecule has 5 nitrogen and oxygen atoms in total. The van der Waals surface area contributed by atoms with Crippen LogP contribution in [0.25, 0.3) is 0 Å². The molecule has 0 aromatic rings. The van der Waals surface area contributed by atoms with E-state index in [1.807, 2.05) is 18.7 Å². The van der Waals surface area contributed by atoms with Gasteiger partial charge < -0.3 is 16.0 Å². The number of amides is 1. The average molecular weight is 298 g/mol. The topological polar surface area (TPSA) is 70.7 Å². The van der Waals surface area contributed by atoms with Crippen molar-refractivity contribution in [1.29, 1.82) is 0 Å². The van der Waals surface area contributed by atoms with E-state index in [9.17, 15) is 4.79 Å². The van der Waals surface area contributed by atoms with Crippen LogP contribution in [0.3, 0.4) is 0 Å². The van der Waals surface area contributed by atoms with Crippen molar-refractivity contribution in [3.8, 4) is 0 Å². The van der Waals surface area contributed by atoms with E-state index in [1.165, 1.54) is 32.1 Å². The van der Waals surface area contributed by atoms with Gasteiger partial charge in [-0.1, -0.05) is 39.0 Å². The molecule has 21 heavy (non-hydrogen) atoms. The van der Waals surface area contributed by atoms with Gasteiger partial charge in [-0.15, -0.1) is 0 Å². The molecule has 5 heteroatoms. The number of nitrogens with two attached hydrogens (primary N) is 1. The number of rotatable bonds is 12. The van der Waals surface area contributed by atoms with E-state index >= 15 is 0 Å². The van der Waals surface area contributed by atoms with Crippen LogP contribution in [-0.4, -0.2) is 42.9 Å². The lowest BCUT2D eigenvalue weighted by Gasteiger charge is -2.18. The molecule has 0 radical (unpaired) electrons. The number of carbonyl (C=O) groups is 1. The lowest BCUT2D eigenvalue weighted by molar-refractivity contribution is -0.130. The fraction of sp³-hybridized carbons (Fsp3) is 0.875. The Labute approximate surface area is 130 Å². The van der Waals surface area contributed by atoms with Crippen LogP contribution < -0.4 is 11.1 Å². The van der Waals surface area contributed by atoms with E-state index in [4.69, 9.17) is 5.73 Å². The Bertz CT molecular complexity index is 288. The molecule has 0 fully saturated rings. The number of nitrogens with zero attached hydrogens (tertiary/aromatic N) is 2. The minimum Gasteiger partial charge on any atom is -0.370 e. The quantitative estimate of drug-likeness (QED) is 0.330. The lowest BCUT2D eigenvalue weighted by Crippen LogP contribution is -2.37. The van der Waals surface area contributed by atoms with Gasteiger partial charge in [-0.05, 0) is 20.3 Å².